The molecule has 3 aromatic rings. The van der Waals surface area contributed by atoms with Crippen molar-refractivity contribution in [2.24, 2.45) is 0 Å². The summed E-state index contributed by atoms with van der Waals surface area (Å²) >= 11 is 6.70. The molecule has 2 aromatic heterocycles. The van der Waals surface area contributed by atoms with Gasteiger partial charge in [0.05, 0.1) is 4.34 Å². The zero-order valence-electron chi connectivity index (χ0n) is 12.8. The van der Waals surface area contributed by atoms with Crippen LogP contribution in [0.4, 0.5) is 0 Å². The van der Waals surface area contributed by atoms with Crippen molar-refractivity contribution in [1.29, 1.82) is 0 Å². The third kappa shape index (κ3) is 3.19. The van der Waals surface area contributed by atoms with Crippen LogP contribution < -0.4 is 9.81 Å². The van der Waals surface area contributed by atoms with E-state index in [9.17, 15) is 13.2 Å². The minimum atomic E-state index is -4.00. The minimum Gasteiger partial charge on any atom is -0.423 e. The lowest BCUT2D eigenvalue weighted by Gasteiger charge is -2.11. The first kappa shape index (κ1) is 17.0. The molecule has 1 aromatic carbocycles. The molecule has 5 nitrogen and oxygen atoms in total. The quantitative estimate of drug-likeness (QED) is 0.499. The van der Waals surface area contributed by atoms with Gasteiger partial charge in [0.1, 0.15) is 11.3 Å². The average molecular weight is 385 g/mol. The molecular formula is C16H13ClO5S2. The summed E-state index contributed by atoms with van der Waals surface area (Å²) < 4.78 is 35.6. The van der Waals surface area contributed by atoms with Crippen LogP contribution in [-0.2, 0) is 16.5 Å². The van der Waals surface area contributed by atoms with E-state index in [-0.39, 0.29) is 15.5 Å². The highest BCUT2D eigenvalue weighted by Gasteiger charge is 2.21. The smallest absolute Gasteiger partial charge is 0.348 e. The molecule has 24 heavy (non-hydrogen) atoms. The molecule has 0 amide bonds. The maximum Gasteiger partial charge on any atom is 0.348 e. The molecule has 3 rings (SSSR count). The number of rotatable bonds is 4. The Labute approximate surface area is 147 Å². The van der Waals surface area contributed by atoms with Crippen molar-refractivity contribution in [1.82, 2.24) is 0 Å². The van der Waals surface area contributed by atoms with Gasteiger partial charge in [0.15, 0.2) is 4.21 Å². The van der Waals surface area contributed by atoms with Crippen molar-refractivity contribution in [3.05, 3.63) is 56.2 Å². The number of hydrogen-bond donors (Lipinski definition) is 0. The van der Waals surface area contributed by atoms with Crippen LogP contribution in [-0.4, -0.2) is 8.42 Å². The molecule has 2 heterocycles. The lowest BCUT2D eigenvalue weighted by atomic mass is 10.1. The second-order valence-electron chi connectivity index (χ2n) is 5.15. The normalized spacial score (nSPS) is 11.8. The largest absolute Gasteiger partial charge is 0.423 e. The summed E-state index contributed by atoms with van der Waals surface area (Å²) in [4.78, 5) is 11.5. The number of halogens is 1. The summed E-state index contributed by atoms with van der Waals surface area (Å²) in [5.74, 6) is 0.142. The van der Waals surface area contributed by atoms with Crippen molar-refractivity contribution in [2.75, 3.05) is 0 Å². The van der Waals surface area contributed by atoms with Crippen molar-refractivity contribution in [2.45, 2.75) is 24.5 Å². The number of thiophene rings is 1. The molecule has 0 unspecified atom stereocenters. The Morgan fingerprint density at radius 1 is 1.25 bits per heavy atom. The fourth-order valence-corrected chi connectivity index (χ4v) is 4.74. The zero-order valence-corrected chi connectivity index (χ0v) is 15.2. The van der Waals surface area contributed by atoms with E-state index < -0.39 is 15.7 Å². The van der Waals surface area contributed by atoms with Crippen molar-refractivity contribution in [3.63, 3.8) is 0 Å². The molecule has 0 aliphatic heterocycles. The van der Waals surface area contributed by atoms with Gasteiger partial charge in [-0.15, -0.1) is 11.3 Å². The van der Waals surface area contributed by atoms with E-state index in [4.69, 9.17) is 20.2 Å². The summed E-state index contributed by atoms with van der Waals surface area (Å²) in [7, 11) is -4.00. The highest BCUT2D eigenvalue weighted by Crippen LogP contribution is 2.32. The van der Waals surface area contributed by atoms with Gasteiger partial charge in [0.25, 0.3) is 0 Å². The summed E-state index contributed by atoms with van der Waals surface area (Å²) in [6.45, 7) is 3.68. The molecule has 0 aliphatic rings. The third-order valence-corrected chi connectivity index (χ3v) is 6.42. The van der Waals surface area contributed by atoms with Gasteiger partial charge >= 0.3 is 15.7 Å². The minimum absolute atomic E-state index is 0.0142. The number of aryl methyl sites for hydroxylation is 2. The Kier molecular flexibility index (Phi) is 4.42. The van der Waals surface area contributed by atoms with E-state index in [2.05, 4.69) is 0 Å². The fourth-order valence-electron chi connectivity index (χ4n) is 2.34. The van der Waals surface area contributed by atoms with Crippen LogP contribution >= 0.6 is 22.9 Å². The Balaban J connectivity index is 2.13. The van der Waals surface area contributed by atoms with Gasteiger partial charge < -0.3 is 8.60 Å². The van der Waals surface area contributed by atoms with E-state index in [1.165, 1.54) is 24.3 Å². The monoisotopic (exact) mass is 384 g/mol. The highest BCUT2D eigenvalue weighted by molar-refractivity contribution is 7.89. The predicted octanol–water partition coefficient (Wildman–Crippen LogP) is 4.15. The molecule has 0 bridgehead atoms. The third-order valence-electron chi connectivity index (χ3n) is 3.51. The Morgan fingerprint density at radius 2 is 2.00 bits per heavy atom. The molecule has 0 saturated carbocycles. The lowest BCUT2D eigenvalue weighted by Crippen LogP contribution is -2.09. The summed E-state index contributed by atoms with van der Waals surface area (Å²) in [5.41, 5.74) is 1.25. The molecule has 0 fully saturated rings. The maximum atomic E-state index is 12.4. The molecule has 0 spiro atoms. The Hall–Kier alpha value is -1.83. The van der Waals surface area contributed by atoms with Gasteiger partial charge in [-0.05, 0) is 42.7 Å². The SMILES string of the molecule is CCc1cc2c(C)cc(=O)oc2cc1OS(=O)(=O)c1ccc(Cl)s1. The number of hydrogen-bond acceptors (Lipinski definition) is 6. The van der Waals surface area contributed by atoms with Crippen LogP contribution in [0.25, 0.3) is 11.0 Å². The molecule has 0 radical (unpaired) electrons. The van der Waals surface area contributed by atoms with E-state index in [1.807, 2.05) is 6.92 Å². The van der Waals surface area contributed by atoms with E-state index in [1.54, 1.807) is 13.0 Å². The molecule has 0 atom stereocenters. The molecule has 0 aliphatic carbocycles. The van der Waals surface area contributed by atoms with Gasteiger partial charge in [-0.25, -0.2) is 4.79 Å². The van der Waals surface area contributed by atoms with Gasteiger partial charge in [-0.3, -0.25) is 0 Å². The maximum absolute atomic E-state index is 12.4. The first-order valence-corrected chi connectivity index (χ1v) is 9.67. The number of benzene rings is 1. The molecule has 8 heteroatoms. The van der Waals surface area contributed by atoms with Crippen molar-refractivity contribution >= 4 is 44.0 Å². The molecule has 126 valence electrons. The van der Waals surface area contributed by atoms with Crippen LogP contribution in [0.5, 0.6) is 5.75 Å². The van der Waals surface area contributed by atoms with Crippen LogP contribution in [0, 0.1) is 6.92 Å². The van der Waals surface area contributed by atoms with Crippen molar-refractivity contribution < 1.29 is 17.0 Å². The Bertz CT molecular complexity index is 1080. The lowest BCUT2D eigenvalue weighted by molar-refractivity contribution is 0.484. The molecular weight excluding hydrogens is 372 g/mol. The van der Waals surface area contributed by atoms with Crippen LogP contribution in [0.2, 0.25) is 4.34 Å². The summed E-state index contributed by atoms with van der Waals surface area (Å²) in [6, 6.07) is 7.49. The topological polar surface area (TPSA) is 73.6 Å². The standard InChI is InChI=1S/C16H13ClO5S2/c1-3-10-7-11-9(2)6-15(18)21-13(11)8-12(10)22-24(19,20)16-5-4-14(17)23-16/h4-8H,3H2,1-2H3. The van der Waals surface area contributed by atoms with Crippen molar-refractivity contribution in [3.8, 4) is 5.75 Å². The number of fused-ring (bicyclic) bond motifs is 1. The van der Waals surface area contributed by atoms with Crippen LogP contribution in [0.1, 0.15) is 18.1 Å². The van der Waals surface area contributed by atoms with Gasteiger partial charge in [-0.1, -0.05) is 18.5 Å². The van der Waals surface area contributed by atoms with Crippen LogP contribution in [0.3, 0.4) is 0 Å². The van der Waals surface area contributed by atoms with E-state index in [0.717, 1.165) is 22.3 Å². The first-order valence-electron chi connectivity index (χ1n) is 7.07. The van der Waals surface area contributed by atoms with Gasteiger partial charge in [-0.2, -0.15) is 8.42 Å². The Morgan fingerprint density at radius 3 is 2.62 bits per heavy atom. The summed E-state index contributed by atoms with van der Waals surface area (Å²) in [5, 5.41) is 0.746. The highest BCUT2D eigenvalue weighted by atomic mass is 35.5. The average Bonchev–Trinajstić information content (AvgIpc) is 2.93. The second-order valence-corrected chi connectivity index (χ2v) is 8.64. The van der Waals surface area contributed by atoms with Gasteiger partial charge in [0.2, 0.25) is 0 Å². The fraction of sp³-hybridized carbons (Fsp3) is 0.188. The van der Waals surface area contributed by atoms with Crippen LogP contribution in [0.15, 0.2) is 43.8 Å². The molecule has 0 N–H and O–H groups in total. The predicted molar refractivity (Wildman–Crippen MR) is 93.7 cm³/mol. The second kappa shape index (κ2) is 6.23. The zero-order chi connectivity index (χ0) is 17.5. The van der Waals surface area contributed by atoms with Gasteiger partial charge in [0, 0.05) is 17.5 Å². The molecule has 0 saturated heterocycles. The van der Waals surface area contributed by atoms with E-state index in [0.29, 0.717) is 16.3 Å². The first-order chi connectivity index (χ1) is 11.3. The van der Waals surface area contributed by atoms with E-state index >= 15 is 0 Å². The summed E-state index contributed by atoms with van der Waals surface area (Å²) in [6.07, 6.45) is 0.560.